The van der Waals surface area contributed by atoms with Gasteiger partial charge in [0.15, 0.2) is 0 Å². The van der Waals surface area contributed by atoms with Crippen LogP contribution < -0.4 is 5.73 Å². The zero-order valence-corrected chi connectivity index (χ0v) is 12.7. The van der Waals surface area contributed by atoms with Gasteiger partial charge in [0.2, 0.25) is 15.9 Å². The number of benzene rings is 2. The molecule has 2 rings (SSSR count). The van der Waals surface area contributed by atoms with E-state index in [-0.39, 0.29) is 11.4 Å². The lowest BCUT2D eigenvalue weighted by molar-refractivity contribution is 0.1000. The molecule has 0 radical (unpaired) electrons. The van der Waals surface area contributed by atoms with Gasteiger partial charge in [-0.05, 0) is 35.9 Å². The summed E-state index contributed by atoms with van der Waals surface area (Å²) in [5.74, 6) is -1.16. The Labute approximate surface area is 128 Å². The first-order valence-corrected chi connectivity index (χ1v) is 7.85. The highest BCUT2D eigenvalue weighted by molar-refractivity contribution is 7.89. The first-order chi connectivity index (χ1) is 10.3. The average molecular weight is 322 g/mol. The Balaban J connectivity index is 2.20. The lowest BCUT2D eigenvalue weighted by atomic mass is 10.1. The van der Waals surface area contributed by atoms with Gasteiger partial charge < -0.3 is 5.73 Å². The number of nitrogens with zero attached hydrogens (tertiary/aromatic N) is 1. The molecule has 5 nitrogen and oxygen atoms in total. The molecule has 2 aromatic carbocycles. The third-order valence-electron chi connectivity index (χ3n) is 3.15. The van der Waals surface area contributed by atoms with Gasteiger partial charge in [-0.25, -0.2) is 12.8 Å². The molecule has 0 atom stereocenters. The van der Waals surface area contributed by atoms with Crippen molar-refractivity contribution < 1.29 is 17.6 Å². The highest BCUT2D eigenvalue weighted by atomic mass is 32.2. The van der Waals surface area contributed by atoms with E-state index >= 15 is 0 Å². The van der Waals surface area contributed by atoms with Crippen molar-refractivity contribution in [3.05, 3.63) is 65.5 Å². The van der Waals surface area contributed by atoms with Crippen molar-refractivity contribution in [3.63, 3.8) is 0 Å². The zero-order chi connectivity index (χ0) is 16.3. The minimum absolute atomic E-state index is 0.0951. The van der Waals surface area contributed by atoms with Crippen molar-refractivity contribution in [1.82, 2.24) is 4.31 Å². The minimum Gasteiger partial charge on any atom is -0.366 e. The molecule has 1 amide bonds. The number of rotatable bonds is 5. The maximum atomic E-state index is 13.2. The van der Waals surface area contributed by atoms with Gasteiger partial charge in [0.25, 0.3) is 0 Å². The number of carbonyl (C=O) groups is 1. The Morgan fingerprint density at radius 3 is 2.36 bits per heavy atom. The normalized spacial score (nSPS) is 11.6. The lowest BCUT2D eigenvalue weighted by Crippen LogP contribution is -2.26. The highest BCUT2D eigenvalue weighted by Crippen LogP contribution is 2.17. The number of nitrogens with two attached hydrogens (primary N) is 1. The second-order valence-corrected chi connectivity index (χ2v) is 6.82. The Hall–Kier alpha value is -2.25. The summed E-state index contributed by atoms with van der Waals surface area (Å²) in [4.78, 5) is 10.9. The molecule has 0 heterocycles. The molecule has 0 aliphatic heterocycles. The van der Waals surface area contributed by atoms with Crippen molar-refractivity contribution >= 4 is 15.9 Å². The Morgan fingerprint density at radius 1 is 1.18 bits per heavy atom. The topological polar surface area (TPSA) is 80.5 Å². The lowest BCUT2D eigenvalue weighted by Gasteiger charge is -2.17. The summed E-state index contributed by atoms with van der Waals surface area (Å²) in [5.41, 5.74) is 6.18. The third-order valence-corrected chi connectivity index (χ3v) is 4.95. The quantitative estimate of drug-likeness (QED) is 0.910. The van der Waals surface area contributed by atoms with Crippen LogP contribution in [0, 0.1) is 5.82 Å². The van der Waals surface area contributed by atoms with Crippen LogP contribution in [0.3, 0.4) is 0 Å². The van der Waals surface area contributed by atoms with Crippen molar-refractivity contribution in [2.24, 2.45) is 5.73 Å². The molecule has 0 saturated carbocycles. The van der Waals surface area contributed by atoms with Crippen LogP contribution in [0.15, 0.2) is 53.4 Å². The highest BCUT2D eigenvalue weighted by Gasteiger charge is 2.21. The van der Waals surface area contributed by atoms with E-state index in [1.54, 1.807) is 12.1 Å². The van der Waals surface area contributed by atoms with Gasteiger partial charge in [-0.1, -0.05) is 18.2 Å². The predicted octanol–water partition coefficient (Wildman–Crippen LogP) is 1.75. The van der Waals surface area contributed by atoms with Gasteiger partial charge in [0.1, 0.15) is 5.82 Å². The molecule has 0 aliphatic rings. The standard InChI is InChI=1S/C15H15FN2O3S/c1-18(10-11-5-7-12(8-6-11)15(17)19)22(20,21)14-4-2-3-13(16)9-14/h2-9H,10H2,1H3,(H2,17,19). The molecule has 2 N–H and O–H groups in total. The van der Waals surface area contributed by atoms with Gasteiger partial charge in [0, 0.05) is 19.2 Å². The van der Waals surface area contributed by atoms with E-state index in [9.17, 15) is 17.6 Å². The SMILES string of the molecule is CN(Cc1ccc(C(N)=O)cc1)S(=O)(=O)c1cccc(F)c1. The van der Waals surface area contributed by atoms with Crippen LogP contribution in [0.4, 0.5) is 4.39 Å². The van der Waals surface area contributed by atoms with Gasteiger partial charge >= 0.3 is 0 Å². The summed E-state index contributed by atoms with van der Waals surface area (Å²) in [5, 5.41) is 0. The zero-order valence-electron chi connectivity index (χ0n) is 11.9. The van der Waals surface area contributed by atoms with Crippen LogP contribution in [-0.4, -0.2) is 25.7 Å². The van der Waals surface area contributed by atoms with E-state index in [2.05, 4.69) is 0 Å². The molecule has 7 heteroatoms. The van der Waals surface area contributed by atoms with Crippen LogP contribution >= 0.6 is 0 Å². The van der Waals surface area contributed by atoms with Gasteiger partial charge in [-0.3, -0.25) is 4.79 Å². The predicted molar refractivity (Wildman–Crippen MR) is 80.0 cm³/mol. The molecular formula is C15H15FN2O3S. The molecule has 0 bridgehead atoms. The Kier molecular flexibility index (Phi) is 4.58. The second kappa shape index (κ2) is 6.25. The molecule has 116 valence electrons. The second-order valence-electron chi connectivity index (χ2n) is 4.78. The van der Waals surface area contributed by atoms with Crippen molar-refractivity contribution in [2.45, 2.75) is 11.4 Å². The van der Waals surface area contributed by atoms with Crippen LogP contribution in [0.1, 0.15) is 15.9 Å². The fourth-order valence-corrected chi connectivity index (χ4v) is 3.11. The van der Waals surface area contributed by atoms with Crippen LogP contribution in [0.2, 0.25) is 0 Å². The van der Waals surface area contributed by atoms with Gasteiger partial charge in [-0.2, -0.15) is 4.31 Å². The van der Waals surface area contributed by atoms with E-state index in [0.717, 1.165) is 10.4 Å². The maximum absolute atomic E-state index is 13.2. The summed E-state index contributed by atoms with van der Waals surface area (Å²) in [7, 11) is -2.38. The van der Waals surface area contributed by atoms with E-state index in [4.69, 9.17) is 5.73 Å². The van der Waals surface area contributed by atoms with E-state index in [0.29, 0.717) is 11.1 Å². The monoisotopic (exact) mass is 322 g/mol. The number of hydrogen-bond acceptors (Lipinski definition) is 3. The smallest absolute Gasteiger partial charge is 0.248 e. The molecule has 0 unspecified atom stereocenters. The Bertz CT molecular complexity index is 789. The average Bonchev–Trinajstić information content (AvgIpc) is 2.47. The molecule has 0 spiro atoms. The molecule has 0 aliphatic carbocycles. The van der Waals surface area contributed by atoms with Gasteiger partial charge in [0.05, 0.1) is 4.90 Å². The largest absolute Gasteiger partial charge is 0.366 e. The summed E-state index contributed by atoms with van der Waals surface area (Å²) >= 11 is 0. The first-order valence-electron chi connectivity index (χ1n) is 6.41. The summed E-state index contributed by atoms with van der Waals surface area (Å²) in [6.45, 7) is 0.0951. The number of hydrogen-bond donors (Lipinski definition) is 1. The summed E-state index contributed by atoms with van der Waals surface area (Å²) in [6.07, 6.45) is 0. The molecule has 2 aromatic rings. The molecule has 0 aromatic heterocycles. The number of halogens is 1. The summed E-state index contributed by atoms with van der Waals surface area (Å²) < 4.78 is 39.0. The molecule has 22 heavy (non-hydrogen) atoms. The van der Waals surface area contributed by atoms with E-state index in [1.807, 2.05) is 0 Å². The number of amides is 1. The molecule has 0 fully saturated rings. The number of primary amides is 1. The van der Waals surface area contributed by atoms with Crippen LogP contribution in [-0.2, 0) is 16.6 Å². The summed E-state index contributed by atoms with van der Waals surface area (Å²) in [6, 6.07) is 11.1. The number of carbonyl (C=O) groups excluding carboxylic acids is 1. The van der Waals surface area contributed by atoms with Crippen molar-refractivity contribution in [1.29, 1.82) is 0 Å². The Morgan fingerprint density at radius 2 is 1.82 bits per heavy atom. The van der Waals surface area contributed by atoms with Crippen molar-refractivity contribution in [3.8, 4) is 0 Å². The molecule has 0 saturated heterocycles. The number of sulfonamides is 1. The van der Waals surface area contributed by atoms with Crippen LogP contribution in [0.25, 0.3) is 0 Å². The maximum Gasteiger partial charge on any atom is 0.248 e. The van der Waals surface area contributed by atoms with Crippen LogP contribution in [0.5, 0.6) is 0 Å². The third kappa shape index (κ3) is 3.49. The fourth-order valence-electron chi connectivity index (χ4n) is 1.92. The minimum atomic E-state index is -3.78. The van der Waals surface area contributed by atoms with E-state index in [1.165, 1.54) is 37.4 Å². The first kappa shape index (κ1) is 16.1. The van der Waals surface area contributed by atoms with Gasteiger partial charge in [-0.15, -0.1) is 0 Å². The van der Waals surface area contributed by atoms with Crippen molar-refractivity contribution in [2.75, 3.05) is 7.05 Å². The molecular weight excluding hydrogens is 307 g/mol. The fraction of sp³-hybridized carbons (Fsp3) is 0.133. The van der Waals surface area contributed by atoms with E-state index < -0.39 is 21.7 Å².